The summed E-state index contributed by atoms with van der Waals surface area (Å²) in [7, 11) is 0. The van der Waals surface area contributed by atoms with Crippen LogP contribution in [0.25, 0.3) is 0 Å². The van der Waals surface area contributed by atoms with Crippen LogP contribution in [-0.2, 0) is 13.2 Å². The van der Waals surface area contributed by atoms with Gasteiger partial charge in [0.15, 0.2) is 4.77 Å². The van der Waals surface area contributed by atoms with Crippen molar-refractivity contribution in [2.75, 3.05) is 0 Å². The van der Waals surface area contributed by atoms with Crippen molar-refractivity contribution in [2.24, 2.45) is 0 Å². The van der Waals surface area contributed by atoms with Crippen LogP contribution in [0.1, 0.15) is 24.1 Å². The summed E-state index contributed by atoms with van der Waals surface area (Å²) in [4.78, 5) is 2.91. The SMILES string of the molecule is CC(Cn1c(CO)c[nH]c1=S)c1ccc(F)cc1. The zero-order valence-corrected chi connectivity index (χ0v) is 10.9. The van der Waals surface area contributed by atoms with Gasteiger partial charge in [-0.15, -0.1) is 0 Å². The van der Waals surface area contributed by atoms with E-state index in [4.69, 9.17) is 12.2 Å². The average Bonchev–Trinajstić information content (AvgIpc) is 2.71. The maximum atomic E-state index is 12.9. The number of benzene rings is 1. The highest BCUT2D eigenvalue weighted by Crippen LogP contribution is 2.19. The number of H-pyrrole nitrogens is 1. The van der Waals surface area contributed by atoms with Crippen LogP contribution in [0, 0.1) is 10.6 Å². The summed E-state index contributed by atoms with van der Waals surface area (Å²) in [5.41, 5.74) is 1.80. The molecule has 0 fully saturated rings. The lowest BCUT2D eigenvalue weighted by atomic mass is 10.0. The van der Waals surface area contributed by atoms with E-state index in [-0.39, 0.29) is 18.3 Å². The first-order valence-corrected chi connectivity index (χ1v) is 6.16. The average molecular weight is 266 g/mol. The number of nitrogens with zero attached hydrogens (tertiary/aromatic N) is 1. The van der Waals surface area contributed by atoms with Crippen molar-refractivity contribution in [3.8, 4) is 0 Å². The molecule has 1 heterocycles. The van der Waals surface area contributed by atoms with E-state index in [2.05, 4.69) is 4.98 Å². The first-order chi connectivity index (χ1) is 8.61. The van der Waals surface area contributed by atoms with Crippen LogP contribution < -0.4 is 0 Å². The molecule has 2 aromatic rings. The second-order valence-corrected chi connectivity index (χ2v) is 4.69. The highest BCUT2D eigenvalue weighted by atomic mass is 32.1. The fourth-order valence-electron chi connectivity index (χ4n) is 1.93. The van der Waals surface area contributed by atoms with E-state index in [1.54, 1.807) is 18.3 Å². The molecule has 0 bridgehead atoms. The molecule has 96 valence electrons. The third-order valence-electron chi connectivity index (χ3n) is 3.01. The normalized spacial score (nSPS) is 12.6. The number of aromatic nitrogens is 2. The van der Waals surface area contributed by atoms with Gasteiger partial charge in [-0.25, -0.2) is 4.39 Å². The number of rotatable bonds is 4. The van der Waals surface area contributed by atoms with Crippen molar-refractivity contribution < 1.29 is 9.50 Å². The molecule has 1 unspecified atom stereocenters. The highest BCUT2D eigenvalue weighted by Gasteiger charge is 2.10. The van der Waals surface area contributed by atoms with Gasteiger partial charge >= 0.3 is 0 Å². The van der Waals surface area contributed by atoms with E-state index in [9.17, 15) is 9.50 Å². The first kappa shape index (κ1) is 13.0. The third-order valence-corrected chi connectivity index (χ3v) is 3.35. The summed E-state index contributed by atoms with van der Waals surface area (Å²) < 4.78 is 15.3. The molecular weight excluding hydrogens is 251 g/mol. The van der Waals surface area contributed by atoms with Crippen molar-refractivity contribution in [3.63, 3.8) is 0 Å². The van der Waals surface area contributed by atoms with E-state index < -0.39 is 0 Å². The summed E-state index contributed by atoms with van der Waals surface area (Å²) in [5.74, 6) is -0.0429. The van der Waals surface area contributed by atoms with Crippen molar-refractivity contribution in [1.29, 1.82) is 0 Å². The van der Waals surface area contributed by atoms with Crippen molar-refractivity contribution in [1.82, 2.24) is 9.55 Å². The molecule has 0 radical (unpaired) electrons. The Labute approximate surface area is 110 Å². The highest BCUT2D eigenvalue weighted by molar-refractivity contribution is 7.71. The number of hydrogen-bond donors (Lipinski definition) is 2. The molecule has 0 aliphatic carbocycles. The van der Waals surface area contributed by atoms with Gasteiger partial charge in [-0.05, 0) is 35.8 Å². The Morgan fingerprint density at radius 1 is 1.39 bits per heavy atom. The zero-order valence-electron chi connectivity index (χ0n) is 10.1. The number of nitrogens with one attached hydrogen (secondary N) is 1. The lowest BCUT2D eigenvalue weighted by Gasteiger charge is -2.14. The molecule has 0 aliphatic heterocycles. The van der Waals surface area contributed by atoms with Gasteiger partial charge in [-0.1, -0.05) is 19.1 Å². The zero-order chi connectivity index (χ0) is 13.1. The molecule has 3 nitrogen and oxygen atoms in total. The molecule has 18 heavy (non-hydrogen) atoms. The summed E-state index contributed by atoms with van der Waals surface area (Å²) in [5, 5.41) is 9.21. The van der Waals surface area contributed by atoms with Gasteiger partial charge in [-0.2, -0.15) is 0 Å². The number of halogens is 1. The van der Waals surface area contributed by atoms with E-state index in [0.717, 1.165) is 11.3 Å². The van der Waals surface area contributed by atoms with Crippen LogP contribution in [0.2, 0.25) is 0 Å². The quantitative estimate of drug-likeness (QED) is 0.835. The standard InChI is InChI=1S/C13H15FN2OS/c1-9(10-2-4-11(14)5-3-10)7-16-12(8-17)6-15-13(16)18/h2-6,9,17H,7-8H2,1H3,(H,15,18). The number of imidazole rings is 1. The van der Waals surface area contributed by atoms with Gasteiger partial charge in [-0.3, -0.25) is 0 Å². The van der Waals surface area contributed by atoms with Crippen LogP contribution in [0.5, 0.6) is 0 Å². The summed E-state index contributed by atoms with van der Waals surface area (Å²) >= 11 is 5.16. The Hall–Kier alpha value is -1.46. The smallest absolute Gasteiger partial charge is 0.177 e. The Kier molecular flexibility index (Phi) is 3.93. The van der Waals surface area contributed by atoms with E-state index in [1.807, 2.05) is 11.5 Å². The molecule has 1 aromatic heterocycles. The van der Waals surface area contributed by atoms with Crippen molar-refractivity contribution >= 4 is 12.2 Å². The Morgan fingerprint density at radius 2 is 2.06 bits per heavy atom. The molecule has 0 amide bonds. The molecule has 0 saturated carbocycles. The lowest BCUT2D eigenvalue weighted by molar-refractivity contribution is 0.269. The minimum Gasteiger partial charge on any atom is -0.390 e. The van der Waals surface area contributed by atoms with Crippen LogP contribution >= 0.6 is 12.2 Å². The summed E-state index contributed by atoms with van der Waals surface area (Å²) in [6.07, 6.45) is 1.71. The van der Waals surface area contributed by atoms with Crippen molar-refractivity contribution in [3.05, 3.63) is 52.3 Å². The fourth-order valence-corrected chi connectivity index (χ4v) is 2.18. The second-order valence-electron chi connectivity index (χ2n) is 4.31. The third kappa shape index (κ3) is 2.68. The number of hydrogen-bond acceptors (Lipinski definition) is 2. The minimum absolute atomic E-state index is 0.0523. The van der Waals surface area contributed by atoms with E-state index in [1.165, 1.54) is 12.1 Å². The molecular formula is C13H15FN2OS. The van der Waals surface area contributed by atoms with Gasteiger partial charge in [0.2, 0.25) is 0 Å². The predicted molar refractivity (Wildman–Crippen MR) is 70.4 cm³/mol. The maximum Gasteiger partial charge on any atom is 0.177 e. The van der Waals surface area contributed by atoms with E-state index >= 15 is 0 Å². The molecule has 0 aliphatic rings. The predicted octanol–water partition coefficient (Wildman–Crippen LogP) is 2.98. The lowest BCUT2D eigenvalue weighted by Crippen LogP contribution is -2.09. The second kappa shape index (κ2) is 5.46. The van der Waals surface area contributed by atoms with Gasteiger partial charge in [0.25, 0.3) is 0 Å². The van der Waals surface area contributed by atoms with Gasteiger partial charge in [0, 0.05) is 12.7 Å². The van der Waals surface area contributed by atoms with Crippen LogP contribution in [0.3, 0.4) is 0 Å². The molecule has 1 aromatic carbocycles. The number of aliphatic hydroxyl groups is 1. The van der Waals surface area contributed by atoms with E-state index in [0.29, 0.717) is 11.3 Å². The largest absolute Gasteiger partial charge is 0.390 e. The summed E-state index contributed by atoms with van der Waals surface area (Å²) in [6, 6.07) is 6.45. The Morgan fingerprint density at radius 3 is 2.67 bits per heavy atom. The Bertz CT molecular complexity index is 573. The molecule has 1 atom stereocenters. The van der Waals surface area contributed by atoms with Gasteiger partial charge < -0.3 is 14.7 Å². The monoisotopic (exact) mass is 266 g/mol. The summed E-state index contributed by atoms with van der Waals surface area (Å²) in [6.45, 7) is 2.65. The molecule has 0 spiro atoms. The fraction of sp³-hybridized carbons (Fsp3) is 0.308. The maximum absolute atomic E-state index is 12.9. The van der Waals surface area contributed by atoms with Gasteiger partial charge in [0.05, 0.1) is 12.3 Å². The van der Waals surface area contributed by atoms with Gasteiger partial charge in [0.1, 0.15) is 5.82 Å². The first-order valence-electron chi connectivity index (χ1n) is 5.75. The molecule has 0 saturated heterocycles. The molecule has 2 N–H and O–H groups in total. The topological polar surface area (TPSA) is 41.0 Å². The number of aromatic amines is 1. The molecule has 2 rings (SSSR count). The van der Waals surface area contributed by atoms with Crippen molar-refractivity contribution in [2.45, 2.75) is 26.0 Å². The molecule has 5 heteroatoms. The van der Waals surface area contributed by atoms with Crippen LogP contribution in [-0.4, -0.2) is 14.7 Å². The van der Waals surface area contributed by atoms with Crippen LogP contribution in [0.15, 0.2) is 30.5 Å². The number of aliphatic hydroxyl groups excluding tert-OH is 1. The minimum atomic E-state index is -0.236. The Balaban J connectivity index is 2.20. The van der Waals surface area contributed by atoms with Crippen LogP contribution in [0.4, 0.5) is 4.39 Å².